The molecule has 0 unspecified atom stereocenters. The van der Waals surface area contributed by atoms with Gasteiger partial charge in [-0.3, -0.25) is 4.90 Å². The van der Waals surface area contributed by atoms with E-state index in [4.69, 9.17) is 14.2 Å². The minimum atomic E-state index is -4.23. The number of halogens is 3. The monoisotopic (exact) mass is 534 g/mol. The second-order valence-electron chi connectivity index (χ2n) is 11.3. The Morgan fingerprint density at radius 2 is 1.50 bits per heavy atom. The molecule has 38 heavy (non-hydrogen) atoms. The van der Waals surface area contributed by atoms with Gasteiger partial charge in [0.05, 0.1) is 13.7 Å². The summed E-state index contributed by atoms with van der Waals surface area (Å²) in [7, 11) is 3.71. The molecule has 0 saturated heterocycles. The maximum Gasteiger partial charge on any atom is 0.401 e. The third kappa shape index (κ3) is 6.07. The van der Waals surface area contributed by atoms with Gasteiger partial charge in [0.1, 0.15) is 17.2 Å². The first kappa shape index (κ1) is 28.6. The third-order valence-electron chi connectivity index (χ3n) is 7.65. The first-order valence-corrected chi connectivity index (χ1v) is 13.5. The summed E-state index contributed by atoms with van der Waals surface area (Å²) in [5.41, 5.74) is 7.66. The standard InChI is InChI=1S/C30H41F3N2O3/c1-18(2)26-20(5)12-21-8-10-34(6)14-23(21)29(26)38-17-37-25-13-22-9-11-35(16-30(31,32)33)15-24(22)28(36-7)27(25)19(3)4/h12-13,18-19H,8-11,14-17H2,1-7H3. The quantitative estimate of drug-likeness (QED) is 0.358. The molecule has 2 aromatic carbocycles. The van der Waals surface area contributed by atoms with Gasteiger partial charge in [-0.15, -0.1) is 0 Å². The van der Waals surface area contributed by atoms with Crippen LogP contribution in [0.5, 0.6) is 17.2 Å². The number of hydrogen-bond donors (Lipinski definition) is 0. The molecular formula is C30H41F3N2O3. The largest absolute Gasteiger partial charge is 0.496 e. The van der Waals surface area contributed by atoms with Gasteiger partial charge in [0.25, 0.3) is 0 Å². The summed E-state index contributed by atoms with van der Waals surface area (Å²) in [5, 5.41) is 0. The maximum absolute atomic E-state index is 13.1. The lowest BCUT2D eigenvalue weighted by Crippen LogP contribution is -2.38. The topological polar surface area (TPSA) is 34.2 Å². The Labute approximate surface area is 224 Å². The van der Waals surface area contributed by atoms with E-state index < -0.39 is 12.7 Å². The normalized spacial score (nSPS) is 16.5. The van der Waals surface area contributed by atoms with Crippen molar-refractivity contribution in [2.45, 2.75) is 78.6 Å². The number of fused-ring (bicyclic) bond motifs is 2. The molecule has 2 aliphatic rings. The number of nitrogens with zero attached hydrogens (tertiary/aromatic N) is 2. The summed E-state index contributed by atoms with van der Waals surface area (Å²) < 4.78 is 57.7. The molecule has 5 nitrogen and oxygen atoms in total. The van der Waals surface area contributed by atoms with E-state index >= 15 is 0 Å². The Bertz CT molecular complexity index is 1160. The first-order chi connectivity index (χ1) is 17.9. The van der Waals surface area contributed by atoms with Crippen molar-refractivity contribution >= 4 is 0 Å². The molecule has 0 N–H and O–H groups in total. The van der Waals surface area contributed by atoms with Crippen molar-refractivity contribution in [3.63, 3.8) is 0 Å². The highest BCUT2D eigenvalue weighted by Gasteiger charge is 2.34. The van der Waals surface area contributed by atoms with Crippen LogP contribution in [-0.2, 0) is 25.9 Å². The van der Waals surface area contributed by atoms with E-state index in [0.29, 0.717) is 30.4 Å². The molecule has 0 aliphatic carbocycles. The molecule has 0 saturated carbocycles. The van der Waals surface area contributed by atoms with E-state index in [1.165, 1.54) is 27.2 Å². The van der Waals surface area contributed by atoms with E-state index in [2.05, 4.69) is 38.8 Å². The first-order valence-electron chi connectivity index (χ1n) is 13.5. The molecule has 2 heterocycles. The van der Waals surface area contributed by atoms with Crippen molar-refractivity contribution in [1.82, 2.24) is 9.80 Å². The van der Waals surface area contributed by atoms with Gasteiger partial charge in [-0.1, -0.05) is 33.8 Å². The van der Waals surface area contributed by atoms with Crippen LogP contribution in [0.3, 0.4) is 0 Å². The Balaban J connectivity index is 1.63. The molecule has 0 spiro atoms. The number of rotatable bonds is 8. The van der Waals surface area contributed by atoms with Gasteiger partial charge in [0, 0.05) is 48.4 Å². The summed E-state index contributed by atoms with van der Waals surface area (Å²) in [6, 6.07) is 4.28. The second-order valence-corrected chi connectivity index (χ2v) is 11.3. The van der Waals surface area contributed by atoms with Crippen LogP contribution in [0.1, 0.15) is 78.5 Å². The SMILES string of the molecule is COc1c2c(cc(OCOc3c4c(cc(C)c3C(C)C)CCN(C)C4)c1C(C)C)CCN(CC(F)(F)F)C2. The molecule has 0 fully saturated rings. The van der Waals surface area contributed by atoms with E-state index in [-0.39, 0.29) is 19.3 Å². The van der Waals surface area contributed by atoms with Crippen molar-refractivity contribution in [1.29, 1.82) is 0 Å². The summed E-state index contributed by atoms with van der Waals surface area (Å²) in [6.07, 6.45) is -2.73. The number of likely N-dealkylation sites (N-methyl/N-ethyl adjacent to an activating group) is 1. The Hall–Kier alpha value is -2.45. The number of hydrogen-bond acceptors (Lipinski definition) is 5. The van der Waals surface area contributed by atoms with Gasteiger partial charge in [0.15, 0.2) is 0 Å². The van der Waals surface area contributed by atoms with Crippen LogP contribution in [0.4, 0.5) is 13.2 Å². The Morgan fingerprint density at radius 3 is 2.13 bits per heavy atom. The van der Waals surface area contributed by atoms with E-state index in [9.17, 15) is 13.2 Å². The average Bonchev–Trinajstić information content (AvgIpc) is 2.82. The van der Waals surface area contributed by atoms with Crippen LogP contribution < -0.4 is 14.2 Å². The van der Waals surface area contributed by atoms with Crippen LogP contribution >= 0.6 is 0 Å². The predicted octanol–water partition coefficient (Wildman–Crippen LogP) is 6.57. The van der Waals surface area contributed by atoms with Crippen molar-refractivity contribution in [2.75, 3.05) is 40.6 Å². The fourth-order valence-corrected chi connectivity index (χ4v) is 6.01. The highest BCUT2D eigenvalue weighted by molar-refractivity contribution is 5.57. The average molecular weight is 535 g/mol. The number of alkyl halides is 3. The molecule has 0 bridgehead atoms. The highest BCUT2D eigenvalue weighted by atomic mass is 19.4. The molecular weight excluding hydrogens is 493 g/mol. The zero-order valence-corrected chi connectivity index (χ0v) is 23.7. The summed E-state index contributed by atoms with van der Waals surface area (Å²) >= 11 is 0. The van der Waals surface area contributed by atoms with Gasteiger partial charge in [0.2, 0.25) is 6.79 Å². The summed E-state index contributed by atoms with van der Waals surface area (Å²) in [4.78, 5) is 3.74. The molecule has 8 heteroatoms. The molecule has 4 rings (SSSR count). The lowest BCUT2D eigenvalue weighted by atomic mass is 9.88. The molecule has 0 amide bonds. The molecule has 210 valence electrons. The molecule has 2 aliphatic heterocycles. The van der Waals surface area contributed by atoms with Crippen molar-refractivity contribution in [2.24, 2.45) is 0 Å². The number of aryl methyl sites for hydroxylation is 1. The van der Waals surface area contributed by atoms with Gasteiger partial charge in [-0.05, 0) is 61.4 Å². The van der Waals surface area contributed by atoms with Crippen molar-refractivity contribution in [3.8, 4) is 17.2 Å². The van der Waals surface area contributed by atoms with Gasteiger partial charge >= 0.3 is 6.18 Å². The Morgan fingerprint density at radius 1 is 0.868 bits per heavy atom. The molecule has 0 aromatic heterocycles. The fraction of sp³-hybridized carbons (Fsp3) is 0.600. The molecule has 0 radical (unpaired) electrons. The summed E-state index contributed by atoms with van der Waals surface area (Å²) in [6.45, 7) is 12.1. The van der Waals surface area contributed by atoms with E-state index in [1.54, 1.807) is 7.11 Å². The van der Waals surface area contributed by atoms with Crippen LogP contribution in [-0.4, -0.2) is 56.6 Å². The van der Waals surface area contributed by atoms with Crippen LogP contribution in [0.15, 0.2) is 12.1 Å². The number of ether oxygens (including phenoxy) is 3. The van der Waals surface area contributed by atoms with Gasteiger partial charge in [-0.25, -0.2) is 0 Å². The van der Waals surface area contributed by atoms with Crippen LogP contribution in [0, 0.1) is 6.92 Å². The number of benzene rings is 2. The molecule has 2 aromatic rings. The zero-order chi connectivity index (χ0) is 27.8. The van der Waals surface area contributed by atoms with Crippen LogP contribution in [0.2, 0.25) is 0 Å². The number of methoxy groups -OCH3 is 1. The highest BCUT2D eigenvalue weighted by Crippen LogP contribution is 2.43. The maximum atomic E-state index is 13.1. The predicted molar refractivity (Wildman–Crippen MR) is 144 cm³/mol. The lowest BCUT2D eigenvalue weighted by Gasteiger charge is -2.32. The van der Waals surface area contributed by atoms with Gasteiger partial charge < -0.3 is 19.1 Å². The third-order valence-corrected chi connectivity index (χ3v) is 7.65. The lowest BCUT2D eigenvalue weighted by molar-refractivity contribution is -0.147. The van der Waals surface area contributed by atoms with Crippen molar-refractivity contribution in [3.05, 3.63) is 51.1 Å². The second kappa shape index (κ2) is 11.3. The smallest absolute Gasteiger partial charge is 0.401 e. The van der Waals surface area contributed by atoms with E-state index in [0.717, 1.165) is 42.0 Å². The minimum absolute atomic E-state index is 0.0428. The summed E-state index contributed by atoms with van der Waals surface area (Å²) in [5.74, 6) is 2.56. The van der Waals surface area contributed by atoms with Gasteiger partial charge in [-0.2, -0.15) is 13.2 Å². The van der Waals surface area contributed by atoms with Crippen molar-refractivity contribution < 1.29 is 27.4 Å². The Kier molecular flexibility index (Phi) is 8.52. The minimum Gasteiger partial charge on any atom is -0.496 e. The fourth-order valence-electron chi connectivity index (χ4n) is 6.01. The zero-order valence-electron chi connectivity index (χ0n) is 23.7. The molecule has 0 atom stereocenters. The van der Waals surface area contributed by atoms with E-state index in [1.807, 2.05) is 19.9 Å². The van der Waals surface area contributed by atoms with Crippen LogP contribution in [0.25, 0.3) is 0 Å².